The van der Waals surface area contributed by atoms with Gasteiger partial charge < -0.3 is 10.1 Å². The number of aryl methyl sites for hydroxylation is 1. The van der Waals surface area contributed by atoms with Crippen molar-refractivity contribution in [2.45, 2.75) is 46.7 Å². The summed E-state index contributed by atoms with van der Waals surface area (Å²) in [6, 6.07) is 6.13. The van der Waals surface area contributed by atoms with E-state index >= 15 is 0 Å². The van der Waals surface area contributed by atoms with Gasteiger partial charge in [0.25, 0.3) is 0 Å². The molecule has 0 aromatic carbocycles. The van der Waals surface area contributed by atoms with Crippen molar-refractivity contribution in [3.63, 3.8) is 0 Å². The van der Waals surface area contributed by atoms with E-state index in [1.54, 1.807) is 12.5 Å². The molecule has 30 heavy (non-hydrogen) atoms. The molecule has 156 valence electrons. The third-order valence-electron chi connectivity index (χ3n) is 5.06. The number of ether oxygens (including phenoxy) is 1. The third kappa shape index (κ3) is 3.70. The standard InChI is InChI=1S/C21H26N8O/c1-5-13(3)29-20-17(23-11-18-24-12-25-27-18)10-16(26-19(20)14(4)28-29)15-8-7-9-22-21(15)30-6-2/h7-10,12-13H,5-6,11H2,1-4H3,(H,23,26)(H,24,25,27)/t13-/m1/s1. The maximum atomic E-state index is 5.74. The molecule has 0 radical (unpaired) electrons. The minimum atomic E-state index is 0.246. The summed E-state index contributed by atoms with van der Waals surface area (Å²) in [5.74, 6) is 1.25. The summed E-state index contributed by atoms with van der Waals surface area (Å²) in [5.41, 5.74) is 5.27. The molecule has 9 nitrogen and oxygen atoms in total. The average Bonchev–Trinajstić information content (AvgIpc) is 3.40. The van der Waals surface area contributed by atoms with Crippen LogP contribution in [0.3, 0.4) is 0 Å². The summed E-state index contributed by atoms with van der Waals surface area (Å²) in [5, 5.41) is 15.2. The van der Waals surface area contributed by atoms with Gasteiger partial charge in [-0.3, -0.25) is 9.78 Å². The van der Waals surface area contributed by atoms with Gasteiger partial charge in [-0.1, -0.05) is 6.92 Å². The second-order valence-corrected chi connectivity index (χ2v) is 7.10. The van der Waals surface area contributed by atoms with Crippen LogP contribution in [-0.4, -0.2) is 41.5 Å². The van der Waals surface area contributed by atoms with Crippen molar-refractivity contribution in [2.75, 3.05) is 11.9 Å². The van der Waals surface area contributed by atoms with Crippen molar-refractivity contribution in [2.24, 2.45) is 0 Å². The number of fused-ring (bicyclic) bond motifs is 1. The van der Waals surface area contributed by atoms with Crippen molar-refractivity contribution >= 4 is 16.7 Å². The van der Waals surface area contributed by atoms with Crippen molar-refractivity contribution in [1.29, 1.82) is 0 Å². The van der Waals surface area contributed by atoms with E-state index in [0.29, 0.717) is 24.9 Å². The molecule has 4 aromatic rings. The maximum Gasteiger partial charge on any atom is 0.222 e. The quantitative estimate of drug-likeness (QED) is 0.457. The molecule has 9 heteroatoms. The number of anilines is 1. The normalized spacial score (nSPS) is 12.3. The van der Waals surface area contributed by atoms with E-state index in [2.05, 4.69) is 44.0 Å². The molecular weight excluding hydrogens is 380 g/mol. The van der Waals surface area contributed by atoms with Crippen LogP contribution in [0.1, 0.15) is 44.8 Å². The summed E-state index contributed by atoms with van der Waals surface area (Å²) in [6.45, 7) is 9.27. The number of hydrogen-bond acceptors (Lipinski definition) is 7. The van der Waals surface area contributed by atoms with Crippen molar-refractivity contribution in [1.82, 2.24) is 34.9 Å². The number of hydrogen-bond donors (Lipinski definition) is 2. The zero-order chi connectivity index (χ0) is 21.1. The molecule has 0 unspecified atom stereocenters. The van der Waals surface area contributed by atoms with Gasteiger partial charge in [-0.2, -0.15) is 10.2 Å². The van der Waals surface area contributed by atoms with Crippen LogP contribution in [-0.2, 0) is 6.54 Å². The fourth-order valence-corrected chi connectivity index (χ4v) is 3.38. The maximum absolute atomic E-state index is 5.74. The van der Waals surface area contributed by atoms with Gasteiger partial charge in [0, 0.05) is 12.2 Å². The number of nitrogens with zero attached hydrogens (tertiary/aromatic N) is 6. The SMILES string of the molecule is CCOc1ncccc1-c1cc(NCc2nc[nH]n2)c2c(n1)c(C)nn2[C@H](C)CC. The van der Waals surface area contributed by atoms with Crippen molar-refractivity contribution < 1.29 is 4.74 Å². The second kappa shape index (κ2) is 8.48. The molecule has 0 amide bonds. The molecule has 0 spiro atoms. The lowest BCUT2D eigenvalue weighted by Crippen LogP contribution is -2.09. The Balaban J connectivity index is 1.88. The lowest BCUT2D eigenvalue weighted by atomic mass is 10.1. The summed E-state index contributed by atoms with van der Waals surface area (Å²) < 4.78 is 7.79. The van der Waals surface area contributed by atoms with Crippen LogP contribution in [0.4, 0.5) is 5.69 Å². The minimum Gasteiger partial charge on any atom is -0.477 e. The first-order valence-electron chi connectivity index (χ1n) is 10.2. The van der Waals surface area contributed by atoms with Gasteiger partial charge in [0.1, 0.15) is 17.4 Å². The number of H-pyrrole nitrogens is 1. The zero-order valence-electron chi connectivity index (χ0n) is 17.7. The highest BCUT2D eigenvalue weighted by Gasteiger charge is 2.20. The highest BCUT2D eigenvalue weighted by Crippen LogP contribution is 2.35. The van der Waals surface area contributed by atoms with Gasteiger partial charge in [-0.25, -0.2) is 15.0 Å². The van der Waals surface area contributed by atoms with Crippen LogP contribution in [0.2, 0.25) is 0 Å². The van der Waals surface area contributed by atoms with Crippen molar-refractivity contribution in [3.05, 3.63) is 42.2 Å². The van der Waals surface area contributed by atoms with Gasteiger partial charge in [0.05, 0.1) is 35.8 Å². The number of pyridine rings is 2. The van der Waals surface area contributed by atoms with Crippen LogP contribution in [0.5, 0.6) is 5.88 Å². The van der Waals surface area contributed by atoms with Crippen molar-refractivity contribution in [3.8, 4) is 17.1 Å². The van der Waals surface area contributed by atoms with Crippen LogP contribution in [0.15, 0.2) is 30.7 Å². The molecule has 4 rings (SSSR count). The minimum absolute atomic E-state index is 0.246. The molecule has 0 bridgehead atoms. The van der Waals surface area contributed by atoms with E-state index in [1.807, 2.05) is 32.0 Å². The Bertz CT molecular complexity index is 1140. The largest absolute Gasteiger partial charge is 0.477 e. The topological polar surface area (TPSA) is 106 Å². The van der Waals surface area contributed by atoms with Gasteiger partial charge >= 0.3 is 0 Å². The zero-order valence-corrected chi connectivity index (χ0v) is 17.7. The monoisotopic (exact) mass is 406 g/mol. The molecule has 4 aromatic heterocycles. The Kier molecular flexibility index (Phi) is 5.60. The molecular formula is C21H26N8O. The Morgan fingerprint density at radius 2 is 2.13 bits per heavy atom. The molecule has 0 aliphatic heterocycles. The Labute approximate surface area is 174 Å². The number of aromatic nitrogens is 7. The molecule has 0 saturated heterocycles. The van der Waals surface area contributed by atoms with E-state index < -0.39 is 0 Å². The molecule has 0 aliphatic carbocycles. The van der Waals surface area contributed by atoms with Crippen LogP contribution >= 0.6 is 0 Å². The molecule has 0 fully saturated rings. The summed E-state index contributed by atoms with van der Waals surface area (Å²) in [7, 11) is 0. The molecule has 0 saturated carbocycles. The summed E-state index contributed by atoms with van der Waals surface area (Å²) in [4.78, 5) is 13.5. The fourth-order valence-electron chi connectivity index (χ4n) is 3.38. The molecule has 1 atom stereocenters. The fraction of sp³-hybridized carbons (Fsp3) is 0.381. The predicted octanol–water partition coefficient (Wildman–Crippen LogP) is 3.90. The first-order chi connectivity index (χ1) is 14.6. The van der Waals surface area contributed by atoms with Crippen LogP contribution in [0, 0.1) is 6.92 Å². The average molecular weight is 406 g/mol. The Hall–Kier alpha value is -3.49. The lowest BCUT2D eigenvalue weighted by Gasteiger charge is -2.15. The van der Waals surface area contributed by atoms with Crippen LogP contribution < -0.4 is 10.1 Å². The highest BCUT2D eigenvalue weighted by molar-refractivity contribution is 5.93. The van der Waals surface area contributed by atoms with E-state index in [1.165, 1.54) is 0 Å². The summed E-state index contributed by atoms with van der Waals surface area (Å²) in [6.07, 6.45) is 4.26. The van der Waals surface area contributed by atoms with E-state index in [0.717, 1.165) is 40.1 Å². The first-order valence-corrected chi connectivity index (χ1v) is 10.2. The number of nitrogens with one attached hydrogen (secondary N) is 2. The smallest absolute Gasteiger partial charge is 0.222 e. The van der Waals surface area contributed by atoms with E-state index in [9.17, 15) is 0 Å². The number of rotatable bonds is 8. The lowest BCUT2D eigenvalue weighted by molar-refractivity contribution is 0.328. The van der Waals surface area contributed by atoms with E-state index in [4.69, 9.17) is 14.8 Å². The highest BCUT2D eigenvalue weighted by atomic mass is 16.5. The molecule has 2 N–H and O–H groups in total. The number of aromatic amines is 1. The third-order valence-corrected chi connectivity index (χ3v) is 5.06. The van der Waals surface area contributed by atoms with E-state index in [-0.39, 0.29) is 6.04 Å². The van der Waals surface area contributed by atoms with Gasteiger partial charge in [0.15, 0.2) is 5.82 Å². The first kappa shape index (κ1) is 19.8. The Morgan fingerprint density at radius 1 is 1.27 bits per heavy atom. The van der Waals surface area contributed by atoms with Gasteiger partial charge in [-0.15, -0.1) is 0 Å². The molecule has 0 aliphatic rings. The second-order valence-electron chi connectivity index (χ2n) is 7.10. The van der Waals surface area contributed by atoms with Gasteiger partial charge in [0.2, 0.25) is 5.88 Å². The predicted molar refractivity (Wildman–Crippen MR) is 115 cm³/mol. The van der Waals surface area contributed by atoms with Crippen LogP contribution in [0.25, 0.3) is 22.3 Å². The summed E-state index contributed by atoms with van der Waals surface area (Å²) >= 11 is 0. The Morgan fingerprint density at radius 3 is 2.87 bits per heavy atom. The van der Waals surface area contributed by atoms with Gasteiger partial charge in [-0.05, 0) is 45.4 Å². The molecule has 4 heterocycles.